The van der Waals surface area contributed by atoms with Gasteiger partial charge in [0.05, 0.1) is 12.7 Å². The van der Waals surface area contributed by atoms with Gasteiger partial charge in [0.25, 0.3) is 0 Å². The maximum atomic E-state index is 12.0. The van der Waals surface area contributed by atoms with Crippen molar-refractivity contribution in [3.8, 4) is 0 Å². The fourth-order valence-electron chi connectivity index (χ4n) is 1.18. The smallest absolute Gasteiger partial charge is 0.246 e. The maximum absolute atomic E-state index is 12.0. The summed E-state index contributed by atoms with van der Waals surface area (Å²) in [5.41, 5.74) is 5.37. The van der Waals surface area contributed by atoms with E-state index in [1.165, 1.54) is 21.4 Å². The van der Waals surface area contributed by atoms with Crippen molar-refractivity contribution in [1.82, 2.24) is 14.1 Å². The molecule has 0 aliphatic carbocycles. The van der Waals surface area contributed by atoms with E-state index in [2.05, 4.69) is 5.10 Å². The molecule has 0 spiro atoms. The van der Waals surface area contributed by atoms with Crippen LogP contribution in [0, 0.1) is 0 Å². The first kappa shape index (κ1) is 13.1. The van der Waals surface area contributed by atoms with Crippen LogP contribution >= 0.6 is 0 Å². The summed E-state index contributed by atoms with van der Waals surface area (Å²) in [4.78, 5) is 0.206. The molecule has 0 atom stereocenters. The van der Waals surface area contributed by atoms with Gasteiger partial charge in [0, 0.05) is 25.8 Å². The van der Waals surface area contributed by atoms with Crippen molar-refractivity contribution in [2.24, 2.45) is 5.73 Å². The maximum Gasteiger partial charge on any atom is 0.246 e. The molecule has 7 heteroatoms. The second-order valence-electron chi connectivity index (χ2n) is 3.84. The van der Waals surface area contributed by atoms with E-state index in [0.717, 1.165) is 0 Å². The molecule has 1 aromatic rings. The van der Waals surface area contributed by atoms with Gasteiger partial charge in [-0.2, -0.15) is 9.40 Å². The zero-order valence-corrected chi connectivity index (χ0v) is 10.6. The van der Waals surface area contributed by atoms with Gasteiger partial charge in [0.15, 0.2) is 0 Å². The van der Waals surface area contributed by atoms with Crippen LogP contribution in [0.1, 0.15) is 13.8 Å². The molecule has 1 heterocycles. The van der Waals surface area contributed by atoms with E-state index in [9.17, 15) is 8.42 Å². The highest BCUT2D eigenvalue weighted by atomic mass is 32.2. The molecule has 0 fully saturated rings. The first-order chi connectivity index (χ1) is 7.39. The summed E-state index contributed by atoms with van der Waals surface area (Å²) in [5.74, 6) is 0. The molecule has 0 amide bonds. The molecule has 0 aliphatic rings. The molecule has 16 heavy (non-hydrogen) atoms. The predicted molar refractivity (Wildman–Crippen MR) is 61.4 cm³/mol. The predicted octanol–water partition coefficient (Wildman–Crippen LogP) is -0.129. The van der Waals surface area contributed by atoms with Crippen LogP contribution in [0.15, 0.2) is 17.3 Å². The Morgan fingerprint density at radius 3 is 2.69 bits per heavy atom. The molecule has 0 saturated carbocycles. The van der Waals surface area contributed by atoms with Crippen molar-refractivity contribution in [2.75, 3.05) is 13.6 Å². The summed E-state index contributed by atoms with van der Waals surface area (Å²) in [6.07, 6.45) is 2.85. The lowest BCUT2D eigenvalue weighted by molar-refractivity contribution is 0.410. The quantitative estimate of drug-likeness (QED) is 0.784. The number of nitrogens with two attached hydrogens (primary N) is 1. The minimum absolute atomic E-state index is 0.0807. The summed E-state index contributed by atoms with van der Waals surface area (Å²) < 4.78 is 26.9. The van der Waals surface area contributed by atoms with Gasteiger partial charge in [0.2, 0.25) is 10.0 Å². The van der Waals surface area contributed by atoms with Gasteiger partial charge in [0.1, 0.15) is 4.90 Å². The molecule has 0 aromatic carbocycles. The third kappa shape index (κ3) is 2.60. The number of aromatic nitrogens is 2. The van der Waals surface area contributed by atoms with Gasteiger partial charge in [-0.3, -0.25) is 4.68 Å². The molecule has 1 rings (SSSR count). The van der Waals surface area contributed by atoms with E-state index >= 15 is 0 Å². The largest absolute Gasteiger partial charge is 0.329 e. The molecule has 92 valence electrons. The minimum atomic E-state index is -3.43. The number of sulfonamides is 1. The molecular formula is C9H18N4O2S. The number of hydrogen-bond acceptors (Lipinski definition) is 4. The highest BCUT2D eigenvalue weighted by Crippen LogP contribution is 2.15. The molecule has 2 N–H and O–H groups in total. The van der Waals surface area contributed by atoms with E-state index < -0.39 is 10.0 Å². The molecule has 0 bridgehead atoms. The van der Waals surface area contributed by atoms with Gasteiger partial charge in [-0.15, -0.1) is 0 Å². The molecule has 0 aliphatic heterocycles. The first-order valence-electron chi connectivity index (χ1n) is 5.10. The van der Waals surface area contributed by atoms with Crippen LogP contribution in [0.4, 0.5) is 0 Å². The van der Waals surface area contributed by atoms with Crippen LogP contribution < -0.4 is 5.73 Å². The fourth-order valence-corrected chi connectivity index (χ4v) is 2.50. The summed E-state index contributed by atoms with van der Waals surface area (Å²) >= 11 is 0. The highest BCUT2D eigenvalue weighted by Gasteiger charge is 2.24. The van der Waals surface area contributed by atoms with Gasteiger partial charge in [-0.25, -0.2) is 8.42 Å². The van der Waals surface area contributed by atoms with Crippen LogP contribution in [-0.4, -0.2) is 42.1 Å². The molecule has 0 radical (unpaired) electrons. The second-order valence-corrected chi connectivity index (χ2v) is 5.84. The molecule has 0 unspecified atom stereocenters. The Labute approximate surface area is 96.1 Å². The Morgan fingerprint density at radius 1 is 1.56 bits per heavy atom. The average molecular weight is 246 g/mol. The Balaban J connectivity index is 2.98. The third-order valence-corrected chi connectivity index (χ3v) is 4.36. The van der Waals surface area contributed by atoms with Crippen molar-refractivity contribution in [1.29, 1.82) is 0 Å². The fraction of sp³-hybridized carbons (Fsp3) is 0.667. The van der Waals surface area contributed by atoms with Crippen LogP contribution in [0.5, 0.6) is 0 Å². The topological polar surface area (TPSA) is 81.2 Å². The monoisotopic (exact) mass is 246 g/mol. The summed E-state index contributed by atoms with van der Waals surface area (Å²) in [6, 6.07) is -0.0807. The number of nitrogens with zero attached hydrogens (tertiary/aromatic N) is 3. The highest BCUT2D eigenvalue weighted by molar-refractivity contribution is 7.89. The Kier molecular flexibility index (Phi) is 4.06. The number of hydrogen-bond donors (Lipinski definition) is 1. The van der Waals surface area contributed by atoms with Crippen LogP contribution in [0.25, 0.3) is 0 Å². The normalized spacial score (nSPS) is 12.6. The molecular weight excluding hydrogens is 228 g/mol. The average Bonchev–Trinajstić information content (AvgIpc) is 2.66. The summed E-state index contributed by atoms with van der Waals surface area (Å²) in [6.45, 7) is 4.59. The zero-order chi connectivity index (χ0) is 12.3. The summed E-state index contributed by atoms with van der Waals surface area (Å²) in [7, 11) is -1.87. The number of rotatable bonds is 5. The molecule has 1 aromatic heterocycles. The first-order valence-corrected chi connectivity index (χ1v) is 6.54. The van der Waals surface area contributed by atoms with Crippen molar-refractivity contribution >= 4 is 10.0 Å². The van der Waals surface area contributed by atoms with E-state index in [0.29, 0.717) is 13.1 Å². The second kappa shape index (κ2) is 4.94. The lowest BCUT2D eigenvalue weighted by Gasteiger charge is -2.19. The zero-order valence-electron chi connectivity index (χ0n) is 9.79. The summed E-state index contributed by atoms with van der Waals surface area (Å²) in [5, 5.41) is 3.94. The Bertz CT molecular complexity index is 438. The van der Waals surface area contributed by atoms with Gasteiger partial charge >= 0.3 is 0 Å². The van der Waals surface area contributed by atoms with Crippen molar-refractivity contribution in [3.05, 3.63) is 12.4 Å². The van der Waals surface area contributed by atoms with Crippen LogP contribution in [0.3, 0.4) is 0 Å². The van der Waals surface area contributed by atoms with E-state index in [1.807, 2.05) is 13.8 Å². The van der Waals surface area contributed by atoms with Crippen molar-refractivity contribution in [2.45, 2.75) is 31.3 Å². The molecule has 0 saturated heterocycles. The van der Waals surface area contributed by atoms with Gasteiger partial charge in [-0.05, 0) is 13.8 Å². The van der Waals surface area contributed by atoms with Gasteiger partial charge in [-0.1, -0.05) is 0 Å². The van der Waals surface area contributed by atoms with Crippen LogP contribution in [0.2, 0.25) is 0 Å². The SMILES string of the molecule is CC(C)N(C)S(=O)(=O)c1cnn(CCN)c1. The lowest BCUT2D eigenvalue weighted by atomic mass is 10.4. The van der Waals surface area contributed by atoms with Crippen LogP contribution in [-0.2, 0) is 16.6 Å². The van der Waals surface area contributed by atoms with E-state index in [4.69, 9.17) is 5.73 Å². The van der Waals surface area contributed by atoms with Crippen molar-refractivity contribution < 1.29 is 8.42 Å². The van der Waals surface area contributed by atoms with Crippen molar-refractivity contribution in [3.63, 3.8) is 0 Å². The molecule has 6 nitrogen and oxygen atoms in total. The lowest BCUT2D eigenvalue weighted by Crippen LogP contribution is -2.32. The minimum Gasteiger partial charge on any atom is -0.329 e. The Morgan fingerprint density at radius 2 is 2.19 bits per heavy atom. The Hall–Kier alpha value is -0.920. The van der Waals surface area contributed by atoms with E-state index in [-0.39, 0.29) is 10.9 Å². The van der Waals surface area contributed by atoms with E-state index in [1.54, 1.807) is 7.05 Å². The third-order valence-electron chi connectivity index (χ3n) is 2.37. The van der Waals surface area contributed by atoms with Gasteiger partial charge < -0.3 is 5.73 Å². The standard InChI is InChI=1S/C9H18N4O2S/c1-8(2)12(3)16(14,15)9-6-11-13(7-9)5-4-10/h6-8H,4-5,10H2,1-3H3.